The van der Waals surface area contributed by atoms with E-state index in [4.69, 9.17) is 16.3 Å². The van der Waals surface area contributed by atoms with Gasteiger partial charge in [0.15, 0.2) is 0 Å². The van der Waals surface area contributed by atoms with Gasteiger partial charge in [-0.2, -0.15) is 0 Å². The summed E-state index contributed by atoms with van der Waals surface area (Å²) in [6, 6.07) is 1.79. The summed E-state index contributed by atoms with van der Waals surface area (Å²) in [7, 11) is 0. The molecule has 0 atom stereocenters. The van der Waals surface area contributed by atoms with Gasteiger partial charge in [-0.05, 0) is 36.6 Å². The Hall–Kier alpha value is -1.09. The van der Waals surface area contributed by atoms with Crippen molar-refractivity contribution in [3.63, 3.8) is 0 Å². The Labute approximate surface area is 81.4 Å². The molecular weight excluding hydrogens is 188 g/mol. The lowest BCUT2D eigenvalue weighted by Crippen LogP contribution is -2.02. The minimum Gasteiger partial charge on any atom is -0.492 e. The standard InChI is InChI=1S/C9H9ClN2O/c10-9-11-5-4-7(12-9)8-3-1-2-6-13-8/h3-5H,1-2,6H2. The van der Waals surface area contributed by atoms with Gasteiger partial charge in [0, 0.05) is 6.20 Å². The van der Waals surface area contributed by atoms with Crippen LogP contribution in [0.25, 0.3) is 5.76 Å². The zero-order valence-electron chi connectivity index (χ0n) is 7.03. The largest absolute Gasteiger partial charge is 0.492 e. The van der Waals surface area contributed by atoms with Crippen molar-refractivity contribution >= 4 is 17.4 Å². The lowest BCUT2D eigenvalue weighted by atomic mass is 10.2. The fourth-order valence-electron chi connectivity index (χ4n) is 1.21. The number of ether oxygens (including phenoxy) is 1. The molecule has 0 saturated heterocycles. The van der Waals surface area contributed by atoms with Crippen LogP contribution in [0.5, 0.6) is 0 Å². The van der Waals surface area contributed by atoms with Crippen LogP contribution in [-0.4, -0.2) is 16.6 Å². The summed E-state index contributed by atoms with van der Waals surface area (Å²) < 4.78 is 5.43. The number of hydrogen-bond acceptors (Lipinski definition) is 3. The van der Waals surface area contributed by atoms with Crippen LogP contribution >= 0.6 is 11.6 Å². The zero-order valence-corrected chi connectivity index (χ0v) is 7.79. The van der Waals surface area contributed by atoms with E-state index in [2.05, 4.69) is 9.97 Å². The molecule has 1 aliphatic rings. The highest BCUT2D eigenvalue weighted by Gasteiger charge is 2.08. The molecule has 0 bridgehead atoms. The molecule has 0 N–H and O–H groups in total. The molecule has 0 radical (unpaired) electrons. The first-order chi connectivity index (χ1) is 6.36. The minimum atomic E-state index is 0.257. The summed E-state index contributed by atoms with van der Waals surface area (Å²) in [6.07, 6.45) is 5.77. The van der Waals surface area contributed by atoms with Crippen LogP contribution in [-0.2, 0) is 4.74 Å². The number of allylic oxidation sites excluding steroid dienone is 1. The smallest absolute Gasteiger partial charge is 0.222 e. The molecule has 68 valence electrons. The third-order valence-electron chi connectivity index (χ3n) is 1.81. The maximum Gasteiger partial charge on any atom is 0.222 e. The van der Waals surface area contributed by atoms with Crippen LogP contribution in [0.2, 0.25) is 5.28 Å². The third-order valence-corrected chi connectivity index (χ3v) is 2.00. The topological polar surface area (TPSA) is 35.0 Å². The molecule has 2 rings (SSSR count). The van der Waals surface area contributed by atoms with E-state index >= 15 is 0 Å². The molecule has 0 saturated carbocycles. The number of aromatic nitrogens is 2. The Bertz CT molecular complexity index is 338. The second-order valence-corrected chi connectivity index (χ2v) is 3.11. The second-order valence-electron chi connectivity index (χ2n) is 2.77. The predicted octanol–water partition coefficient (Wildman–Crippen LogP) is 2.28. The van der Waals surface area contributed by atoms with Crippen molar-refractivity contribution in [2.45, 2.75) is 12.8 Å². The second kappa shape index (κ2) is 3.75. The summed E-state index contributed by atoms with van der Waals surface area (Å²) in [5, 5.41) is 0.257. The normalized spacial score (nSPS) is 16.2. The first-order valence-corrected chi connectivity index (χ1v) is 4.56. The molecule has 3 nitrogen and oxygen atoms in total. The number of hydrogen-bond donors (Lipinski definition) is 0. The fourth-order valence-corrected chi connectivity index (χ4v) is 1.36. The summed E-state index contributed by atoms with van der Waals surface area (Å²) in [4.78, 5) is 7.86. The molecule has 0 aromatic carbocycles. The Morgan fingerprint density at radius 3 is 3.08 bits per heavy atom. The third kappa shape index (κ3) is 1.98. The molecular formula is C9H9ClN2O. The van der Waals surface area contributed by atoms with Gasteiger partial charge in [0.2, 0.25) is 5.28 Å². The zero-order chi connectivity index (χ0) is 9.10. The average molecular weight is 197 g/mol. The molecule has 0 unspecified atom stereocenters. The van der Waals surface area contributed by atoms with E-state index in [1.807, 2.05) is 6.08 Å². The van der Waals surface area contributed by atoms with Crippen LogP contribution in [0.1, 0.15) is 18.5 Å². The fraction of sp³-hybridized carbons (Fsp3) is 0.333. The summed E-state index contributed by atoms with van der Waals surface area (Å²) >= 11 is 5.66. The molecule has 0 aliphatic carbocycles. The van der Waals surface area contributed by atoms with Gasteiger partial charge in [-0.1, -0.05) is 0 Å². The average Bonchev–Trinajstić information content (AvgIpc) is 2.19. The summed E-state index contributed by atoms with van der Waals surface area (Å²) in [6.45, 7) is 0.757. The predicted molar refractivity (Wildman–Crippen MR) is 50.2 cm³/mol. The molecule has 2 heterocycles. The van der Waals surface area contributed by atoms with E-state index in [-0.39, 0.29) is 5.28 Å². The van der Waals surface area contributed by atoms with E-state index in [1.165, 1.54) is 0 Å². The van der Waals surface area contributed by atoms with Gasteiger partial charge in [-0.25, -0.2) is 9.97 Å². The molecule has 1 aliphatic heterocycles. The monoisotopic (exact) mass is 196 g/mol. The summed E-state index contributed by atoms with van der Waals surface area (Å²) in [5.41, 5.74) is 0.764. The van der Waals surface area contributed by atoms with Gasteiger partial charge in [-0.15, -0.1) is 0 Å². The van der Waals surface area contributed by atoms with Gasteiger partial charge in [-0.3, -0.25) is 0 Å². The van der Waals surface area contributed by atoms with E-state index < -0.39 is 0 Å². The first-order valence-electron chi connectivity index (χ1n) is 4.18. The van der Waals surface area contributed by atoms with Crippen LogP contribution in [0, 0.1) is 0 Å². The lowest BCUT2D eigenvalue weighted by molar-refractivity contribution is 0.257. The quantitative estimate of drug-likeness (QED) is 0.647. The van der Waals surface area contributed by atoms with E-state index in [1.54, 1.807) is 12.3 Å². The Morgan fingerprint density at radius 1 is 1.46 bits per heavy atom. The van der Waals surface area contributed by atoms with Gasteiger partial charge in [0.25, 0.3) is 0 Å². The van der Waals surface area contributed by atoms with E-state index in [0.717, 1.165) is 30.9 Å². The van der Waals surface area contributed by atoms with Crippen LogP contribution in [0.4, 0.5) is 0 Å². The van der Waals surface area contributed by atoms with Crippen molar-refractivity contribution in [2.75, 3.05) is 6.61 Å². The van der Waals surface area contributed by atoms with Crippen molar-refractivity contribution in [1.82, 2.24) is 9.97 Å². The highest BCUT2D eigenvalue weighted by molar-refractivity contribution is 6.28. The molecule has 1 aromatic heterocycles. The number of rotatable bonds is 1. The van der Waals surface area contributed by atoms with Crippen molar-refractivity contribution in [3.05, 3.63) is 29.3 Å². The van der Waals surface area contributed by atoms with Gasteiger partial charge < -0.3 is 4.74 Å². The molecule has 4 heteroatoms. The molecule has 13 heavy (non-hydrogen) atoms. The Morgan fingerprint density at radius 2 is 2.38 bits per heavy atom. The Balaban J connectivity index is 2.29. The molecule has 0 fully saturated rings. The lowest BCUT2D eigenvalue weighted by Gasteiger charge is -2.13. The van der Waals surface area contributed by atoms with Crippen molar-refractivity contribution in [2.24, 2.45) is 0 Å². The van der Waals surface area contributed by atoms with Crippen molar-refractivity contribution < 1.29 is 4.74 Å². The van der Waals surface area contributed by atoms with Crippen molar-refractivity contribution in [3.8, 4) is 0 Å². The highest BCUT2D eigenvalue weighted by Crippen LogP contribution is 2.19. The Kier molecular flexibility index (Phi) is 2.45. The molecule has 0 spiro atoms. The van der Waals surface area contributed by atoms with Gasteiger partial charge in [0.1, 0.15) is 11.5 Å². The van der Waals surface area contributed by atoms with Crippen LogP contribution in [0.15, 0.2) is 18.3 Å². The molecule has 1 aromatic rings. The highest BCUT2D eigenvalue weighted by atomic mass is 35.5. The number of nitrogens with zero attached hydrogens (tertiary/aromatic N) is 2. The van der Waals surface area contributed by atoms with E-state index in [9.17, 15) is 0 Å². The SMILES string of the molecule is Clc1nccc(C2=CCCCO2)n1. The van der Waals surface area contributed by atoms with Crippen LogP contribution in [0.3, 0.4) is 0 Å². The van der Waals surface area contributed by atoms with Crippen LogP contribution < -0.4 is 0 Å². The van der Waals surface area contributed by atoms with Gasteiger partial charge in [0.05, 0.1) is 6.61 Å². The van der Waals surface area contributed by atoms with E-state index in [0.29, 0.717) is 0 Å². The summed E-state index contributed by atoms with van der Waals surface area (Å²) in [5.74, 6) is 0.815. The van der Waals surface area contributed by atoms with Gasteiger partial charge >= 0.3 is 0 Å². The first kappa shape index (κ1) is 8.51. The maximum atomic E-state index is 5.66. The minimum absolute atomic E-state index is 0.257. The number of halogens is 1. The maximum absolute atomic E-state index is 5.66. The van der Waals surface area contributed by atoms with Crippen molar-refractivity contribution in [1.29, 1.82) is 0 Å². The molecule has 0 amide bonds.